The van der Waals surface area contributed by atoms with Gasteiger partial charge in [-0.3, -0.25) is 0 Å². The number of hydrogen-bond donors (Lipinski definition) is 0. The van der Waals surface area contributed by atoms with Gasteiger partial charge in [0.1, 0.15) is 5.75 Å². The van der Waals surface area contributed by atoms with Crippen molar-refractivity contribution in [2.45, 2.75) is 39.0 Å². The summed E-state index contributed by atoms with van der Waals surface area (Å²) in [6.45, 7) is 2.83. The van der Waals surface area contributed by atoms with Crippen molar-refractivity contribution < 1.29 is 4.74 Å². The van der Waals surface area contributed by atoms with Crippen molar-refractivity contribution >= 4 is 0 Å². The summed E-state index contributed by atoms with van der Waals surface area (Å²) in [6, 6.07) is 7.79. The van der Waals surface area contributed by atoms with Crippen LogP contribution in [-0.4, -0.2) is 6.61 Å². The molecule has 0 heterocycles. The molecule has 1 aliphatic rings. The molecule has 0 aromatic heterocycles. The molecule has 1 aromatic rings. The summed E-state index contributed by atoms with van der Waals surface area (Å²) in [5, 5.41) is 8.86. The summed E-state index contributed by atoms with van der Waals surface area (Å²) in [6.07, 6.45) is 6.63. The van der Waals surface area contributed by atoms with Crippen LogP contribution in [0.5, 0.6) is 5.75 Å². The molecule has 2 heteroatoms. The van der Waals surface area contributed by atoms with E-state index in [2.05, 4.69) is 6.07 Å². The largest absolute Gasteiger partial charge is 0.493 e. The number of nitrogens with zero attached hydrogens (tertiary/aromatic N) is 1. The van der Waals surface area contributed by atoms with Crippen LogP contribution >= 0.6 is 0 Å². The second-order valence-electron chi connectivity index (χ2n) is 4.91. The first-order valence-electron chi connectivity index (χ1n) is 6.43. The Morgan fingerprint density at radius 3 is 2.76 bits per heavy atom. The van der Waals surface area contributed by atoms with E-state index < -0.39 is 0 Å². The second kappa shape index (κ2) is 5.72. The first-order chi connectivity index (χ1) is 8.29. The molecule has 1 aromatic carbocycles. The Bertz CT molecular complexity index is 413. The normalized spacial score (nSPS) is 16.5. The standard InChI is InChI=1S/C15H19NO/c1-12-7-8-14(10-16)9-15(12)17-11-13-5-3-2-4-6-13/h7-9,13H,2-6,11H2,1H3. The van der Waals surface area contributed by atoms with Gasteiger partial charge in [-0.15, -0.1) is 0 Å². The second-order valence-corrected chi connectivity index (χ2v) is 4.91. The molecule has 0 unspecified atom stereocenters. The Morgan fingerprint density at radius 2 is 2.06 bits per heavy atom. The highest BCUT2D eigenvalue weighted by atomic mass is 16.5. The lowest BCUT2D eigenvalue weighted by atomic mass is 9.90. The molecule has 0 aliphatic heterocycles. The smallest absolute Gasteiger partial charge is 0.123 e. The van der Waals surface area contributed by atoms with E-state index in [1.807, 2.05) is 25.1 Å². The molecular formula is C15H19NO. The first kappa shape index (κ1) is 12.0. The van der Waals surface area contributed by atoms with E-state index in [1.54, 1.807) is 0 Å². The average Bonchev–Trinajstić information content (AvgIpc) is 2.39. The third-order valence-electron chi connectivity index (χ3n) is 3.52. The Balaban J connectivity index is 1.95. The molecule has 1 aliphatic carbocycles. The highest BCUT2D eigenvalue weighted by Gasteiger charge is 2.14. The summed E-state index contributed by atoms with van der Waals surface area (Å²) < 4.78 is 5.87. The molecule has 0 atom stereocenters. The van der Waals surface area contributed by atoms with Crippen molar-refractivity contribution in [2.24, 2.45) is 5.92 Å². The summed E-state index contributed by atoms with van der Waals surface area (Å²) in [4.78, 5) is 0. The van der Waals surface area contributed by atoms with Gasteiger partial charge in [-0.1, -0.05) is 25.3 Å². The van der Waals surface area contributed by atoms with E-state index in [-0.39, 0.29) is 0 Å². The van der Waals surface area contributed by atoms with Crippen LogP contribution < -0.4 is 4.74 Å². The number of rotatable bonds is 3. The predicted octanol–water partition coefficient (Wildman–Crippen LogP) is 3.83. The van der Waals surface area contributed by atoms with Gasteiger partial charge in [-0.2, -0.15) is 5.26 Å². The zero-order valence-corrected chi connectivity index (χ0v) is 10.4. The molecule has 0 bridgehead atoms. The molecule has 90 valence electrons. The Hall–Kier alpha value is -1.49. The van der Waals surface area contributed by atoms with Crippen molar-refractivity contribution in [3.63, 3.8) is 0 Å². The van der Waals surface area contributed by atoms with Crippen LogP contribution in [0.25, 0.3) is 0 Å². The number of benzene rings is 1. The minimum atomic E-state index is 0.675. The summed E-state index contributed by atoms with van der Waals surface area (Å²) in [5.41, 5.74) is 1.79. The van der Waals surface area contributed by atoms with Gasteiger partial charge < -0.3 is 4.74 Å². The molecular weight excluding hydrogens is 210 g/mol. The number of ether oxygens (including phenoxy) is 1. The highest BCUT2D eigenvalue weighted by Crippen LogP contribution is 2.26. The fourth-order valence-corrected chi connectivity index (χ4v) is 2.39. The van der Waals surface area contributed by atoms with Crippen molar-refractivity contribution in [3.05, 3.63) is 29.3 Å². The zero-order chi connectivity index (χ0) is 12.1. The number of hydrogen-bond acceptors (Lipinski definition) is 2. The highest BCUT2D eigenvalue weighted by molar-refractivity contribution is 5.41. The van der Waals surface area contributed by atoms with E-state index in [4.69, 9.17) is 10.00 Å². The van der Waals surface area contributed by atoms with E-state index >= 15 is 0 Å². The molecule has 0 N–H and O–H groups in total. The SMILES string of the molecule is Cc1ccc(C#N)cc1OCC1CCCCC1. The maximum atomic E-state index is 8.86. The van der Waals surface area contributed by atoms with E-state index in [1.165, 1.54) is 32.1 Å². The average molecular weight is 229 g/mol. The summed E-state index contributed by atoms with van der Waals surface area (Å²) in [5.74, 6) is 1.57. The number of aryl methyl sites for hydroxylation is 1. The number of nitriles is 1. The van der Waals surface area contributed by atoms with Gasteiger partial charge >= 0.3 is 0 Å². The maximum absolute atomic E-state index is 8.86. The van der Waals surface area contributed by atoms with Crippen molar-refractivity contribution in [3.8, 4) is 11.8 Å². The maximum Gasteiger partial charge on any atom is 0.123 e. The first-order valence-corrected chi connectivity index (χ1v) is 6.43. The van der Waals surface area contributed by atoms with Crippen LogP contribution in [0.4, 0.5) is 0 Å². The summed E-state index contributed by atoms with van der Waals surface area (Å²) >= 11 is 0. The van der Waals surface area contributed by atoms with Gasteiger partial charge in [0.15, 0.2) is 0 Å². The molecule has 0 amide bonds. The Kier molecular flexibility index (Phi) is 4.03. The van der Waals surface area contributed by atoms with Gasteiger partial charge in [0.2, 0.25) is 0 Å². The van der Waals surface area contributed by atoms with Crippen LogP contribution in [0.1, 0.15) is 43.2 Å². The van der Waals surface area contributed by atoms with Gasteiger partial charge in [-0.25, -0.2) is 0 Å². The topological polar surface area (TPSA) is 33.0 Å². The van der Waals surface area contributed by atoms with Crippen molar-refractivity contribution in [1.29, 1.82) is 5.26 Å². The molecule has 0 saturated heterocycles. The lowest BCUT2D eigenvalue weighted by molar-refractivity contribution is 0.208. The molecule has 1 saturated carbocycles. The van der Waals surface area contributed by atoms with Crippen molar-refractivity contribution in [1.82, 2.24) is 0 Å². The van der Waals surface area contributed by atoms with Gasteiger partial charge in [0.05, 0.1) is 18.2 Å². The fraction of sp³-hybridized carbons (Fsp3) is 0.533. The van der Waals surface area contributed by atoms with E-state index in [0.717, 1.165) is 17.9 Å². The molecule has 0 radical (unpaired) electrons. The quantitative estimate of drug-likeness (QED) is 0.789. The third-order valence-corrected chi connectivity index (χ3v) is 3.52. The van der Waals surface area contributed by atoms with Crippen LogP contribution in [0.2, 0.25) is 0 Å². The van der Waals surface area contributed by atoms with Gasteiger partial charge in [0.25, 0.3) is 0 Å². The fourth-order valence-electron chi connectivity index (χ4n) is 2.39. The Morgan fingerprint density at radius 1 is 1.29 bits per heavy atom. The monoisotopic (exact) mass is 229 g/mol. The molecule has 2 rings (SSSR count). The predicted molar refractivity (Wildman–Crippen MR) is 68.0 cm³/mol. The van der Waals surface area contributed by atoms with Crippen LogP contribution in [0.3, 0.4) is 0 Å². The zero-order valence-electron chi connectivity index (χ0n) is 10.4. The van der Waals surface area contributed by atoms with E-state index in [9.17, 15) is 0 Å². The van der Waals surface area contributed by atoms with Gasteiger partial charge in [-0.05, 0) is 43.4 Å². The third kappa shape index (κ3) is 3.23. The van der Waals surface area contributed by atoms with E-state index in [0.29, 0.717) is 11.5 Å². The molecule has 2 nitrogen and oxygen atoms in total. The van der Waals surface area contributed by atoms with Gasteiger partial charge in [0, 0.05) is 0 Å². The lowest BCUT2D eigenvalue weighted by Crippen LogP contribution is -2.15. The van der Waals surface area contributed by atoms with Crippen molar-refractivity contribution in [2.75, 3.05) is 6.61 Å². The Labute approximate surface area is 103 Å². The molecule has 0 spiro atoms. The minimum absolute atomic E-state index is 0.675. The molecule has 1 fully saturated rings. The van der Waals surface area contributed by atoms with Crippen LogP contribution in [0, 0.1) is 24.2 Å². The minimum Gasteiger partial charge on any atom is -0.493 e. The lowest BCUT2D eigenvalue weighted by Gasteiger charge is -2.22. The summed E-state index contributed by atoms with van der Waals surface area (Å²) in [7, 11) is 0. The van der Waals surface area contributed by atoms with Crippen LogP contribution in [-0.2, 0) is 0 Å². The van der Waals surface area contributed by atoms with Crippen LogP contribution in [0.15, 0.2) is 18.2 Å². The molecule has 17 heavy (non-hydrogen) atoms.